The van der Waals surface area contributed by atoms with Crippen molar-refractivity contribution in [3.8, 4) is 11.5 Å². The normalized spacial score (nSPS) is 11.1. The van der Waals surface area contributed by atoms with Gasteiger partial charge in [-0.05, 0) is 35.9 Å². The fourth-order valence-electron chi connectivity index (χ4n) is 2.97. The van der Waals surface area contributed by atoms with E-state index >= 15 is 0 Å². The van der Waals surface area contributed by atoms with Crippen molar-refractivity contribution < 1.29 is 19.1 Å². The van der Waals surface area contributed by atoms with Crippen molar-refractivity contribution in [2.24, 2.45) is 5.10 Å². The van der Waals surface area contributed by atoms with Gasteiger partial charge in [0.1, 0.15) is 11.5 Å². The molecule has 0 heterocycles. The van der Waals surface area contributed by atoms with E-state index in [0.29, 0.717) is 23.8 Å². The summed E-state index contributed by atoms with van der Waals surface area (Å²) >= 11 is 0. The van der Waals surface area contributed by atoms with Crippen molar-refractivity contribution in [2.45, 2.75) is 19.9 Å². The number of carbonyl (C=O) groups excluding carboxylic acids is 2. The average molecular weight is 419 g/mol. The molecule has 0 radical (unpaired) electrons. The minimum atomic E-state index is -0.401. The van der Waals surface area contributed by atoms with E-state index in [2.05, 4.69) is 15.8 Å². The molecule has 0 spiro atoms. The second-order valence-electron chi connectivity index (χ2n) is 6.95. The summed E-state index contributed by atoms with van der Waals surface area (Å²) in [5.74, 6) is 0.716. The predicted molar refractivity (Wildman–Crippen MR) is 120 cm³/mol. The van der Waals surface area contributed by atoms with Gasteiger partial charge in [0.25, 0.3) is 5.91 Å². The molecule has 0 atom stereocenters. The van der Waals surface area contributed by atoms with Gasteiger partial charge in [0.15, 0.2) is 6.61 Å². The highest BCUT2D eigenvalue weighted by atomic mass is 16.5. The van der Waals surface area contributed by atoms with Gasteiger partial charge in [0.2, 0.25) is 5.91 Å². The molecule has 0 bridgehead atoms. The predicted octanol–water partition coefficient (Wildman–Crippen LogP) is 3.43. The van der Waals surface area contributed by atoms with Crippen molar-refractivity contribution in [1.29, 1.82) is 0 Å². The number of ether oxygens (including phenoxy) is 2. The fraction of sp³-hybridized carbons (Fsp3) is 0.208. The van der Waals surface area contributed by atoms with Crippen LogP contribution in [-0.2, 0) is 16.1 Å². The number of hydrogen-bond acceptors (Lipinski definition) is 5. The Kier molecular flexibility index (Phi) is 7.59. The molecule has 0 saturated heterocycles. The molecule has 2 N–H and O–H groups in total. The molecule has 0 aliphatic rings. The second kappa shape index (κ2) is 10.8. The molecule has 0 unspecified atom stereocenters. The van der Waals surface area contributed by atoms with E-state index < -0.39 is 5.91 Å². The Morgan fingerprint density at radius 3 is 2.48 bits per heavy atom. The van der Waals surface area contributed by atoms with Crippen molar-refractivity contribution in [2.75, 3.05) is 13.7 Å². The van der Waals surface area contributed by atoms with Crippen LogP contribution in [0.15, 0.2) is 71.8 Å². The third-order valence-electron chi connectivity index (χ3n) is 4.55. The van der Waals surface area contributed by atoms with Crippen LogP contribution in [-0.4, -0.2) is 31.2 Å². The van der Waals surface area contributed by atoms with E-state index in [1.165, 1.54) is 0 Å². The van der Waals surface area contributed by atoms with Gasteiger partial charge < -0.3 is 14.8 Å². The van der Waals surface area contributed by atoms with Crippen LogP contribution in [0.2, 0.25) is 0 Å². The number of rotatable bonds is 9. The molecule has 3 aromatic rings. The number of nitrogens with zero attached hydrogens (tertiary/aromatic N) is 1. The highest BCUT2D eigenvalue weighted by Crippen LogP contribution is 2.20. The highest BCUT2D eigenvalue weighted by molar-refractivity contribution is 6.00. The molecule has 0 saturated carbocycles. The Hall–Kier alpha value is -3.87. The molecule has 7 nitrogen and oxygen atoms in total. The highest BCUT2D eigenvalue weighted by Gasteiger charge is 2.08. The number of fused-ring (bicyclic) bond motifs is 1. The Morgan fingerprint density at radius 1 is 0.935 bits per heavy atom. The molecular formula is C24H25N3O4. The molecule has 7 heteroatoms. The summed E-state index contributed by atoms with van der Waals surface area (Å²) in [6.45, 7) is 1.85. The lowest BCUT2D eigenvalue weighted by molar-refractivity contribution is -0.123. The summed E-state index contributed by atoms with van der Waals surface area (Å²) in [4.78, 5) is 24.1. The Labute approximate surface area is 181 Å². The maximum Gasteiger partial charge on any atom is 0.277 e. The van der Waals surface area contributed by atoms with E-state index in [0.717, 1.165) is 16.3 Å². The van der Waals surface area contributed by atoms with Gasteiger partial charge in [-0.2, -0.15) is 5.10 Å². The summed E-state index contributed by atoms with van der Waals surface area (Å²) in [6.07, 6.45) is 0.0704. The lowest BCUT2D eigenvalue weighted by atomic mass is 10.1. The SMILES string of the molecule is COc1ccccc1CNC(=O)CC(C)=NNC(=O)COc1ccc2ccccc2c1. The van der Waals surface area contributed by atoms with E-state index in [4.69, 9.17) is 9.47 Å². The van der Waals surface area contributed by atoms with Crippen molar-refractivity contribution in [3.63, 3.8) is 0 Å². The largest absolute Gasteiger partial charge is 0.496 e. The van der Waals surface area contributed by atoms with Crippen molar-refractivity contribution in [1.82, 2.24) is 10.7 Å². The average Bonchev–Trinajstić information content (AvgIpc) is 2.80. The lowest BCUT2D eigenvalue weighted by Gasteiger charge is -2.09. The minimum absolute atomic E-state index is 0.0704. The third-order valence-corrected chi connectivity index (χ3v) is 4.55. The van der Waals surface area contributed by atoms with Crippen LogP contribution >= 0.6 is 0 Å². The van der Waals surface area contributed by atoms with Crippen LogP contribution in [0, 0.1) is 0 Å². The molecule has 0 aromatic heterocycles. The van der Waals surface area contributed by atoms with Crippen LogP contribution in [0.4, 0.5) is 0 Å². The molecule has 0 aliphatic carbocycles. The molecule has 160 valence electrons. The quantitative estimate of drug-likeness (QED) is 0.411. The number of carbonyl (C=O) groups is 2. The van der Waals surface area contributed by atoms with Crippen molar-refractivity contribution >= 4 is 28.3 Å². The summed E-state index contributed by atoms with van der Waals surface area (Å²) in [5, 5.41) is 8.92. The van der Waals surface area contributed by atoms with E-state index in [1.54, 1.807) is 14.0 Å². The topological polar surface area (TPSA) is 89.0 Å². The Morgan fingerprint density at radius 2 is 1.68 bits per heavy atom. The number of para-hydroxylation sites is 1. The Bertz CT molecular complexity index is 1090. The van der Waals surface area contributed by atoms with Crippen LogP contribution in [0.5, 0.6) is 11.5 Å². The summed E-state index contributed by atoms with van der Waals surface area (Å²) in [6, 6.07) is 21.0. The number of benzene rings is 3. The molecular weight excluding hydrogens is 394 g/mol. The summed E-state index contributed by atoms with van der Waals surface area (Å²) < 4.78 is 10.8. The van der Waals surface area contributed by atoms with Gasteiger partial charge in [0, 0.05) is 17.8 Å². The van der Waals surface area contributed by atoms with Gasteiger partial charge in [-0.15, -0.1) is 0 Å². The molecule has 3 aromatic carbocycles. The molecule has 2 amide bonds. The minimum Gasteiger partial charge on any atom is -0.496 e. The smallest absolute Gasteiger partial charge is 0.277 e. The summed E-state index contributed by atoms with van der Waals surface area (Å²) in [7, 11) is 1.59. The molecule has 31 heavy (non-hydrogen) atoms. The zero-order chi connectivity index (χ0) is 22.1. The standard InChI is InChI=1S/C24H25N3O4/c1-17(13-23(28)25-15-20-9-5-6-10-22(20)30-2)26-27-24(29)16-31-21-12-11-18-7-3-4-8-19(18)14-21/h3-12,14H,13,15-16H2,1-2H3,(H,25,28)(H,27,29). The van der Waals surface area contributed by atoms with Gasteiger partial charge in [0.05, 0.1) is 13.5 Å². The maximum atomic E-state index is 12.1. The first kappa shape index (κ1) is 21.8. The molecule has 0 aliphatic heterocycles. The lowest BCUT2D eigenvalue weighted by Crippen LogP contribution is -2.28. The van der Waals surface area contributed by atoms with E-state index in [1.807, 2.05) is 66.7 Å². The molecule has 0 fully saturated rings. The Balaban J connectivity index is 1.42. The maximum absolute atomic E-state index is 12.1. The van der Waals surface area contributed by atoms with Crippen LogP contribution < -0.4 is 20.2 Å². The number of hydrazone groups is 1. The van der Waals surface area contributed by atoms with Crippen LogP contribution in [0.25, 0.3) is 10.8 Å². The first-order chi connectivity index (χ1) is 15.0. The summed E-state index contributed by atoms with van der Waals surface area (Å²) in [5.41, 5.74) is 3.78. The van der Waals surface area contributed by atoms with Gasteiger partial charge >= 0.3 is 0 Å². The fourth-order valence-corrected chi connectivity index (χ4v) is 2.97. The number of hydrogen-bond donors (Lipinski definition) is 2. The van der Waals surface area contributed by atoms with Gasteiger partial charge in [-0.3, -0.25) is 9.59 Å². The van der Waals surface area contributed by atoms with Crippen molar-refractivity contribution in [3.05, 3.63) is 72.3 Å². The second-order valence-corrected chi connectivity index (χ2v) is 6.95. The monoisotopic (exact) mass is 419 g/mol. The van der Waals surface area contributed by atoms with E-state index in [-0.39, 0.29) is 18.9 Å². The first-order valence-electron chi connectivity index (χ1n) is 9.87. The number of nitrogens with one attached hydrogen (secondary N) is 2. The zero-order valence-corrected chi connectivity index (χ0v) is 17.6. The zero-order valence-electron chi connectivity index (χ0n) is 17.6. The van der Waals surface area contributed by atoms with Crippen LogP contribution in [0.1, 0.15) is 18.9 Å². The van der Waals surface area contributed by atoms with E-state index in [9.17, 15) is 9.59 Å². The molecule has 3 rings (SSSR count). The number of methoxy groups -OCH3 is 1. The van der Waals surface area contributed by atoms with Gasteiger partial charge in [-0.25, -0.2) is 5.43 Å². The van der Waals surface area contributed by atoms with Gasteiger partial charge in [-0.1, -0.05) is 48.5 Å². The van der Waals surface area contributed by atoms with Crippen LogP contribution in [0.3, 0.4) is 0 Å². The first-order valence-corrected chi connectivity index (χ1v) is 9.87. The number of amides is 2. The third kappa shape index (κ3) is 6.57.